The summed E-state index contributed by atoms with van der Waals surface area (Å²) in [7, 11) is 0.958. The molecule has 0 aliphatic rings. The highest BCUT2D eigenvalue weighted by atomic mass is 32.2. The van der Waals surface area contributed by atoms with Crippen LogP contribution in [0.2, 0.25) is 0 Å². The Bertz CT molecular complexity index is 488. The molecule has 0 atom stereocenters. The zero-order valence-electron chi connectivity index (χ0n) is 8.26. The van der Waals surface area contributed by atoms with Crippen LogP contribution in [0.4, 0.5) is 0 Å². The molecule has 0 fully saturated rings. The van der Waals surface area contributed by atoms with Crippen LogP contribution in [0.25, 0.3) is 0 Å². The van der Waals surface area contributed by atoms with E-state index < -0.39 is 10.0 Å². The quantitative estimate of drug-likeness (QED) is 0.678. The van der Waals surface area contributed by atoms with E-state index >= 15 is 0 Å². The van der Waals surface area contributed by atoms with E-state index in [9.17, 15) is 13.2 Å². The van der Waals surface area contributed by atoms with Crippen LogP contribution in [0.3, 0.4) is 0 Å². The van der Waals surface area contributed by atoms with Crippen molar-refractivity contribution in [2.45, 2.75) is 4.90 Å². The smallest absolute Gasteiger partial charge is 0.250 e. The topological polar surface area (TPSA) is 59.4 Å². The Balaban J connectivity index is 3.36. The van der Waals surface area contributed by atoms with E-state index in [0.29, 0.717) is 0 Å². The van der Waals surface area contributed by atoms with Crippen LogP contribution in [0.1, 0.15) is 0 Å². The van der Waals surface area contributed by atoms with Crippen molar-refractivity contribution >= 4 is 10.0 Å². The van der Waals surface area contributed by atoms with Crippen molar-refractivity contribution < 1.29 is 8.42 Å². The van der Waals surface area contributed by atoms with Crippen molar-refractivity contribution in [1.82, 2.24) is 8.87 Å². The molecule has 0 aliphatic heterocycles. The van der Waals surface area contributed by atoms with E-state index in [1.54, 1.807) is 0 Å². The first kappa shape index (κ1) is 10.9. The van der Waals surface area contributed by atoms with Gasteiger partial charge in [-0.15, -0.1) is 0 Å². The summed E-state index contributed by atoms with van der Waals surface area (Å²) in [6.07, 6.45) is 1.30. The third-order valence-electron chi connectivity index (χ3n) is 1.84. The average molecular weight is 216 g/mol. The molecule has 0 amide bonds. The number of sulfonamides is 1. The molecule has 0 saturated carbocycles. The van der Waals surface area contributed by atoms with Gasteiger partial charge in [0.1, 0.15) is 0 Å². The number of aryl methyl sites for hydroxylation is 1. The predicted molar refractivity (Wildman–Crippen MR) is 52.6 cm³/mol. The predicted octanol–water partition coefficient (Wildman–Crippen LogP) is -0.364. The van der Waals surface area contributed by atoms with Gasteiger partial charge >= 0.3 is 0 Å². The van der Waals surface area contributed by atoms with Gasteiger partial charge in [0.25, 0.3) is 0 Å². The van der Waals surface area contributed by atoms with Crippen LogP contribution in [-0.2, 0) is 17.1 Å². The summed E-state index contributed by atoms with van der Waals surface area (Å²) < 4.78 is 25.5. The fourth-order valence-electron chi connectivity index (χ4n) is 0.932. The number of aromatic nitrogens is 1. The van der Waals surface area contributed by atoms with E-state index in [-0.39, 0.29) is 10.5 Å². The fourth-order valence-corrected chi connectivity index (χ4v) is 1.88. The molecule has 5 nitrogen and oxygen atoms in total. The van der Waals surface area contributed by atoms with Gasteiger partial charge in [-0.2, -0.15) is 0 Å². The van der Waals surface area contributed by atoms with Crippen LogP contribution >= 0.6 is 0 Å². The largest absolute Gasteiger partial charge is 0.317 e. The highest BCUT2D eigenvalue weighted by Gasteiger charge is 2.17. The summed E-state index contributed by atoms with van der Waals surface area (Å²) in [6, 6.07) is 2.54. The Kier molecular flexibility index (Phi) is 2.77. The van der Waals surface area contributed by atoms with Crippen LogP contribution < -0.4 is 5.56 Å². The van der Waals surface area contributed by atoms with Gasteiger partial charge in [0.15, 0.2) is 0 Å². The Morgan fingerprint density at radius 3 is 2.29 bits per heavy atom. The maximum absolute atomic E-state index is 11.6. The Morgan fingerprint density at radius 2 is 1.86 bits per heavy atom. The molecule has 0 spiro atoms. The first-order chi connectivity index (χ1) is 6.35. The van der Waals surface area contributed by atoms with Gasteiger partial charge in [-0.1, -0.05) is 0 Å². The molecule has 0 N–H and O–H groups in total. The van der Waals surface area contributed by atoms with Gasteiger partial charge in [-0.3, -0.25) is 4.79 Å². The van der Waals surface area contributed by atoms with Gasteiger partial charge < -0.3 is 4.57 Å². The number of pyridine rings is 1. The van der Waals surface area contributed by atoms with E-state index in [2.05, 4.69) is 0 Å². The highest BCUT2D eigenvalue weighted by molar-refractivity contribution is 7.89. The minimum atomic E-state index is -3.44. The first-order valence-corrected chi connectivity index (χ1v) is 5.39. The summed E-state index contributed by atoms with van der Waals surface area (Å²) in [5.74, 6) is 0. The maximum Gasteiger partial charge on any atom is 0.250 e. The zero-order chi connectivity index (χ0) is 10.9. The molecule has 0 bridgehead atoms. The van der Waals surface area contributed by atoms with Gasteiger partial charge in [0, 0.05) is 33.4 Å². The second-order valence-electron chi connectivity index (χ2n) is 3.10. The SMILES string of the molecule is CN(C)S(=O)(=O)c1ccc(=O)n(C)c1. The molecule has 0 saturated heterocycles. The summed E-state index contributed by atoms with van der Waals surface area (Å²) >= 11 is 0. The van der Waals surface area contributed by atoms with Crippen LogP contribution in [0, 0.1) is 0 Å². The van der Waals surface area contributed by atoms with Gasteiger partial charge in [-0.25, -0.2) is 12.7 Å². The molecule has 6 heteroatoms. The van der Waals surface area contributed by atoms with E-state index in [1.165, 1.54) is 44.0 Å². The first-order valence-electron chi connectivity index (χ1n) is 3.95. The van der Waals surface area contributed by atoms with Crippen molar-refractivity contribution in [1.29, 1.82) is 0 Å². The van der Waals surface area contributed by atoms with E-state index in [4.69, 9.17) is 0 Å². The molecule has 1 aromatic heterocycles. The van der Waals surface area contributed by atoms with Crippen molar-refractivity contribution in [2.24, 2.45) is 7.05 Å². The number of nitrogens with zero attached hydrogens (tertiary/aromatic N) is 2. The lowest BCUT2D eigenvalue weighted by molar-refractivity contribution is 0.519. The third-order valence-corrected chi connectivity index (χ3v) is 3.64. The fraction of sp³-hybridized carbons (Fsp3) is 0.375. The van der Waals surface area contributed by atoms with Crippen molar-refractivity contribution in [2.75, 3.05) is 14.1 Å². The maximum atomic E-state index is 11.6. The number of hydrogen-bond donors (Lipinski definition) is 0. The van der Waals surface area contributed by atoms with Gasteiger partial charge in [0.05, 0.1) is 4.90 Å². The lowest BCUT2D eigenvalue weighted by atomic mass is 10.5. The minimum Gasteiger partial charge on any atom is -0.317 e. The molecular formula is C8H12N2O3S. The third kappa shape index (κ3) is 1.85. The van der Waals surface area contributed by atoms with Crippen molar-refractivity contribution in [3.8, 4) is 0 Å². The molecular weight excluding hydrogens is 204 g/mol. The molecule has 0 radical (unpaired) electrons. The summed E-state index contributed by atoms with van der Waals surface area (Å²) in [5, 5.41) is 0. The molecule has 0 aliphatic carbocycles. The second kappa shape index (κ2) is 3.55. The Morgan fingerprint density at radius 1 is 1.29 bits per heavy atom. The lowest BCUT2D eigenvalue weighted by Gasteiger charge is -2.11. The molecule has 78 valence electrons. The normalized spacial score (nSPS) is 12.0. The van der Waals surface area contributed by atoms with Gasteiger partial charge in [0.2, 0.25) is 15.6 Å². The standard InChI is InChI=1S/C8H12N2O3S/c1-9(2)14(12,13)7-4-5-8(11)10(3)6-7/h4-6H,1-3H3. The summed E-state index contributed by atoms with van der Waals surface area (Å²) in [6.45, 7) is 0. The molecule has 0 unspecified atom stereocenters. The van der Waals surface area contributed by atoms with Gasteiger partial charge in [-0.05, 0) is 6.07 Å². The van der Waals surface area contributed by atoms with Crippen LogP contribution in [0.15, 0.2) is 28.0 Å². The Labute approximate surface area is 82.6 Å². The highest BCUT2D eigenvalue weighted by Crippen LogP contribution is 2.09. The Hall–Kier alpha value is -1.14. The number of hydrogen-bond acceptors (Lipinski definition) is 3. The van der Waals surface area contributed by atoms with Crippen LogP contribution in [-0.4, -0.2) is 31.4 Å². The molecule has 1 heterocycles. The summed E-state index contributed by atoms with van der Waals surface area (Å²) in [4.78, 5) is 11.1. The minimum absolute atomic E-state index is 0.115. The lowest BCUT2D eigenvalue weighted by Crippen LogP contribution is -2.24. The summed E-state index contributed by atoms with van der Waals surface area (Å²) in [5.41, 5.74) is -0.234. The molecule has 0 aromatic carbocycles. The molecule has 1 aromatic rings. The van der Waals surface area contributed by atoms with E-state index in [0.717, 1.165) is 4.31 Å². The average Bonchev–Trinajstić information content (AvgIpc) is 2.09. The monoisotopic (exact) mass is 216 g/mol. The zero-order valence-corrected chi connectivity index (χ0v) is 9.08. The van der Waals surface area contributed by atoms with Crippen LogP contribution in [0.5, 0.6) is 0 Å². The molecule has 1 rings (SSSR count). The van der Waals surface area contributed by atoms with Crippen molar-refractivity contribution in [3.63, 3.8) is 0 Å². The molecule has 14 heavy (non-hydrogen) atoms. The van der Waals surface area contributed by atoms with E-state index in [1.807, 2.05) is 0 Å². The van der Waals surface area contributed by atoms with Crippen molar-refractivity contribution in [3.05, 3.63) is 28.7 Å². The second-order valence-corrected chi connectivity index (χ2v) is 5.25. The number of rotatable bonds is 2.